The monoisotopic (exact) mass is 426 g/mol. The van der Waals surface area contributed by atoms with Gasteiger partial charge >= 0.3 is 12.4 Å². The molecule has 1 heterocycles. The summed E-state index contributed by atoms with van der Waals surface area (Å²) >= 11 is 1.32. The number of rotatable bonds is 7. The van der Waals surface area contributed by atoms with Crippen molar-refractivity contribution < 1.29 is 40.6 Å². The first kappa shape index (κ1) is 21.5. The molecule has 2 rings (SSSR count). The molecule has 1 N–H and O–H groups in total. The van der Waals surface area contributed by atoms with Gasteiger partial charge in [-0.25, -0.2) is 5.43 Å². The molecule has 0 atom stereocenters. The van der Waals surface area contributed by atoms with Gasteiger partial charge in [0.05, 0.1) is 11.8 Å². The van der Waals surface area contributed by atoms with Crippen LogP contribution >= 0.6 is 11.3 Å². The third kappa shape index (κ3) is 7.47. The number of hydrogen-bond acceptors (Lipinski definition) is 5. The van der Waals surface area contributed by atoms with Crippen LogP contribution in [0.25, 0.3) is 0 Å². The Morgan fingerprint density at radius 1 is 1.07 bits per heavy atom. The molecule has 0 radical (unpaired) electrons. The van der Waals surface area contributed by atoms with Gasteiger partial charge in [0.25, 0.3) is 5.91 Å². The van der Waals surface area contributed by atoms with Crippen LogP contribution in [0.3, 0.4) is 0 Å². The zero-order valence-electron chi connectivity index (χ0n) is 13.8. The lowest BCUT2D eigenvalue weighted by atomic mass is 10.2. The van der Waals surface area contributed by atoms with E-state index in [1.165, 1.54) is 17.6 Å². The second kappa shape index (κ2) is 8.95. The van der Waals surface area contributed by atoms with Gasteiger partial charge in [-0.05, 0) is 29.6 Å². The molecule has 152 valence electrons. The van der Waals surface area contributed by atoms with Crippen molar-refractivity contribution in [2.24, 2.45) is 5.10 Å². The number of ether oxygens (including phenoxy) is 2. The Morgan fingerprint density at radius 2 is 1.75 bits per heavy atom. The first-order chi connectivity index (χ1) is 13.0. The summed E-state index contributed by atoms with van der Waals surface area (Å²) in [5.74, 6) is -1.84. The fourth-order valence-electron chi connectivity index (χ4n) is 1.81. The standard InChI is InChI=1S/C16H12F6N2O3S/c17-15(18,19)8-26-10-3-4-13(27-9-16(20,21)22)12(6-10)14(25)24-23-7-11-2-1-5-28-11/h1-7H,8-9H2,(H,24,25)/b23-7-. The van der Waals surface area contributed by atoms with E-state index in [0.29, 0.717) is 4.88 Å². The van der Waals surface area contributed by atoms with Crippen molar-refractivity contribution >= 4 is 23.5 Å². The highest BCUT2D eigenvalue weighted by Crippen LogP contribution is 2.27. The van der Waals surface area contributed by atoms with Gasteiger partial charge < -0.3 is 9.47 Å². The van der Waals surface area contributed by atoms with Crippen LogP contribution in [-0.4, -0.2) is 37.7 Å². The maximum absolute atomic E-state index is 12.4. The summed E-state index contributed by atoms with van der Waals surface area (Å²) < 4.78 is 83.0. The fourth-order valence-corrected chi connectivity index (χ4v) is 2.39. The summed E-state index contributed by atoms with van der Waals surface area (Å²) in [4.78, 5) is 12.9. The number of halogens is 6. The average molecular weight is 426 g/mol. The van der Waals surface area contributed by atoms with Crippen LogP contribution in [0.5, 0.6) is 11.5 Å². The number of nitrogens with zero attached hydrogens (tertiary/aromatic N) is 1. The minimum absolute atomic E-state index is 0.371. The van der Waals surface area contributed by atoms with Crippen molar-refractivity contribution in [2.45, 2.75) is 12.4 Å². The van der Waals surface area contributed by atoms with Crippen LogP contribution in [0.4, 0.5) is 26.3 Å². The summed E-state index contributed by atoms with van der Waals surface area (Å²) in [5, 5.41) is 5.40. The van der Waals surface area contributed by atoms with E-state index in [1.807, 2.05) is 0 Å². The third-order valence-electron chi connectivity index (χ3n) is 2.89. The van der Waals surface area contributed by atoms with Crippen molar-refractivity contribution in [3.8, 4) is 11.5 Å². The molecule has 12 heteroatoms. The molecule has 0 bridgehead atoms. The zero-order chi connectivity index (χ0) is 20.8. The first-order valence-corrected chi connectivity index (χ1v) is 8.31. The molecule has 0 saturated heterocycles. The van der Waals surface area contributed by atoms with Crippen molar-refractivity contribution in [1.82, 2.24) is 5.43 Å². The Labute approximate surface area is 158 Å². The van der Waals surface area contributed by atoms with Gasteiger partial charge in [-0.15, -0.1) is 11.3 Å². The van der Waals surface area contributed by atoms with E-state index in [1.54, 1.807) is 17.5 Å². The Bertz CT molecular complexity index is 819. The number of nitrogens with one attached hydrogen (secondary N) is 1. The number of carbonyl (C=O) groups excluding carboxylic acids is 1. The van der Waals surface area contributed by atoms with Crippen LogP contribution in [0.1, 0.15) is 15.2 Å². The molecule has 0 spiro atoms. The normalized spacial score (nSPS) is 12.2. The molecule has 1 amide bonds. The summed E-state index contributed by atoms with van der Waals surface area (Å²) in [5.41, 5.74) is 1.61. The van der Waals surface area contributed by atoms with E-state index >= 15 is 0 Å². The van der Waals surface area contributed by atoms with E-state index < -0.39 is 42.8 Å². The second-order valence-corrected chi connectivity index (χ2v) is 6.16. The SMILES string of the molecule is O=C(N/N=C\c1cccs1)c1cc(OCC(F)(F)F)ccc1OCC(F)(F)F. The topological polar surface area (TPSA) is 59.9 Å². The highest BCUT2D eigenvalue weighted by atomic mass is 32.1. The fraction of sp³-hybridized carbons (Fsp3) is 0.250. The third-order valence-corrected chi connectivity index (χ3v) is 3.70. The molecular formula is C16H12F6N2O3S. The predicted molar refractivity (Wildman–Crippen MR) is 88.9 cm³/mol. The van der Waals surface area contributed by atoms with E-state index in [-0.39, 0.29) is 5.75 Å². The molecule has 0 aliphatic heterocycles. The number of amides is 1. The number of carbonyl (C=O) groups is 1. The first-order valence-electron chi connectivity index (χ1n) is 7.43. The molecule has 1 aromatic carbocycles. The minimum Gasteiger partial charge on any atom is -0.484 e. The van der Waals surface area contributed by atoms with Gasteiger partial charge in [0.2, 0.25) is 0 Å². The Balaban J connectivity index is 2.18. The Morgan fingerprint density at radius 3 is 2.36 bits per heavy atom. The summed E-state index contributed by atoms with van der Waals surface area (Å²) in [6, 6.07) is 6.15. The van der Waals surface area contributed by atoms with Crippen molar-refractivity contribution in [1.29, 1.82) is 0 Å². The summed E-state index contributed by atoms with van der Waals surface area (Å²) in [6.07, 6.45) is -8.00. The van der Waals surface area contributed by atoms with Crippen molar-refractivity contribution in [3.05, 3.63) is 46.2 Å². The number of thiophene rings is 1. The van der Waals surface area contributed by atoms with Gasteiger partial charge in [-0.2, -0.15) is 31.4 Å². The van der Waals surface area contributed by atoms with Gasteiger partial charge in [0.1, 0.15) is 11.5 Å². The van der Waals surface area contributed by atoms with E-state index in [2.05, 4.69) is 20.0 Å². The highest BCUT2D eigenvalue weighted by Gasteiger charge is 2.30. The van der Waals surface area contributed by atoms with Crippen LogP contribution in [0.15, 0.2) is 40.8 Å². The molecule has 0 aliphatic carbocycles. The maximum Gasteiger partial charge on any atom is 0.422 e. The lowest BCUT2D eigenvalue weighted by Gasteiger charge is -2.14. The van der Waals surface area contributed by atoms with Crippen LogP contribution in [-0.2, 0) is 0 Å². The highest BCUT2D eigenvalue weighted by molar-refractivity contribution is 7.11. The van der Waals surface area contributed by atoms with E-state index in [9.17, 15) is 31.1 Å². The number of hydrazone groups is 1. The lowest BCUT2D eigenvalue weighted by molar-refractivity contribution is -0.154. The van der Waals surface area contributed by atoms with Crippen LogP contribution in [0, 0.1) is 0 Å². The zero-order valence-corrected chi connectivity index (χ0v) is 14.6. The number of benzene rings is 1. The molecule has 0 saturated carbocycles. The molecule has 2 aromatic rings. The second-order valence-electron chi connectivity index (χ2n) is 5.18. The molecule has 0 aliphatic rings. The quantitative estimate of drug-likeness (QED) is 0.406. The van der Waals surface area contributed by atoms with Crippen molar-refractivity contribution in [2.75, 3.05) is 13.2 Å². The predicted octanol–water partition coefficient (Wildman–Crippen LogP) is 4.39. The Hall–Kier alpha value is -2.76. The average Bonchev–Trinajstić information content (AvgIpc) is 3.10. The largest absolute Gasteiger partial charge is 0.484 e. The van der Waals surface area contributed by atoms with E-state index in [0.717, 1.165) is 18.2 Å². The number of hydrogen-bond donors (Lipinski definition) is 1. The van der Waals surface area contributed by atoms with E-state index in [4.69, 9.17) is 0 Å². The van der Waals surface area contributed by atoms with Gasteiger partial charge in [0, 0.05) is 4.88 Å². The summed E-state index contributed by atoms with van der Waals surface area (Å²) in [7, 11) is 0. The molecule has 1 aromatic heterocycles. The van der Waals surface area contributed by atoms with Gasteiger partial charge in [-0.1, -0.05) is 6.07 Å². The van der Waals surface area contributed by atoms with Gasteiger partial charge in [0.15, 0.2) is 13.2 Å². The molecule has 5 nitrogen and oxygen atoms in total. The smallest absolute Gasteiger partial charge is 0.422 e. The van der Waals surface area contributed by atoms with Gasteiger partial charge in [-0.3, -0.25) is 4.79 Å². The number of alkyl halides is 6. The summed E-state index contributed by atoms with van der Waals surface area (Å²) in [6.45, 7) is -3.32. The minimum atomic E-state index is -4.67. The van der Waals surface area contributed by atoms with Crippen LogP contribution in [0.2, 0.25) is 0 Å². The van der Waals surface area contributed by atoms with Crippen LogP contribution < -0.4 is 14.9 Å². The molecule has 0 unspecified atom stereocenters. The Kier molecular flexibility index (Phi) is 6.89. The lowest BCUT2D eigenvalue weighted by Crippen LogP contribution is -2.23. The molecule has 0 fully saturated rings. The van der Waals surface area contributed by atoms with Crippen molar-refractivity contribution in [3.63, 3.8) is 0 Å². The molecular weight excluding hydrogens is 414 g/mol. The molecule has 28 heavy (non-hydrogen) atoms. The maximum atomic E-state index is 12.4.